The summed E-state index contributed by atoms with van der Waals surface area (Å²) in [7, 11) is -1.09. The van der Waals surface area contributed by atoms with Gasteiger partial charge < -0.3 is 9.84 Å². The Morgan fingerprint density at radius 3 is 2.09 bits per heavy atom. The highest BCUT2D eigenvalue weighted by molar-refractivity contribution is 7.77. The Morgan fingerprint density at radius 2 is 1.82 bits per heavy atom. The van der Waals surface area contributed by atoms with Crippen molar-refractivity contribution in [2.24, 2.45) is 0 Å². The van der Waals surface area contributed by atoms with Crippen LogP contribution in [0.15, 0.2) is 11.3 Å². The minimum atomic E-state index is -1.09. The van der Waals surface area contributed by atoms with Gasteiger partial charge in [0.05, 0.1) is 26.6 Å². The first-order valence-corrected chi connectivity index (χ1v) is 6.87. The summed E-state index contributed by atoms with van der Waals surface area (Å²) in [4.78, 5) is 0. The van der Waals surface area contributed by atoms with Gasteiger partial charge in [0.25, 0.3) is 0 Å². The number of hydrogen-bond acceptors (Lipinski definition) is 2. The largest absolute Gasteiger partial charge is 0.478 e. The van der Waals surface area contributed by atoms with Crippen LogP contribution in [0.3, 0.4) is 0 Å². The molecule has 2 nitrogen and oxygen atoms in total. The average Bonchev–Trinajstić information content (AvgIpc) is 1.85. The van der Waals surface area contributed by atoms with Gasteiger partial charge in [0.1, 0.15) is 5.31 Å². The molecule has 11 heavy (non-hydrogen) atoms. The lowest BCUT2D eigenvalue weighted by atomic mass is 10.7. The molecule has 0 atom stereocenters. The molecule has 1 N–H and O–H groups in total. The van der Waals surface area contributed by atoms with E-state index in [-0.39, 0.29) is 5.95 Å². The summed E-state index contributed by atoms with van der Waals surface area (Å²) >= 11 is 0. The molecule has 0 unspecified atom stereocenters. The Balaban J connectivity index is 4.39. The quantitative estimate of drug-likeness (QED) is 0.530. The van der Waals surface area contributed by atoms with Crippen LogP contribution in [0.25, 0.3) is 0 Å². The summed E-state index contributed by atoms with van der Waals surface area (Å²) in [6, 6.07) is 0. The zero-order valence-corrected chi connectivity index (χ0v) is 8.90. The second-order valence-corrected chi connectivity index (χ2v) is 8.03. The van der Waals surface area contributed by atoms with E-state index in [0.717, 1.165) is 5.31 Å². The fourth-order valence-corrected chi connectivity index (χ4v) is 1.17. The monoisotopic (exact) mass is 177 g/mol. The summed E-state index contributed by atoms with van der Waals surface area (Å²) in [6.07, 6.45) is 0. The summed E-state index contributed by atoms with van der Waals surface area (Å²) in [6.45, 7) is 10.8. The third-order valence-corrected chi connectivity index (χ3v) is 3.80. The molecule has 0 aliphatic carbocycles. The third-order valence-electron chi connectivity index (χ3n) is 1.60. The number of aliphatic hydroxyl groups excluding tert-OH is 1. The fourth-order valence-electron chi connectivity index (χ4n) is 0.528. The van der Waals surface area contributed by atoms with E-state index in [1.54, 1.807) is 0 Å². The highest BCUT2D eigenvalue weighted by atomic mass is 31.2. The number of rotatable bonds is 3. The molecule has 0 aliphatic heterocycles. The molecule has 0 bridgehead atoms. The smallest absolute Gasteiger partial charge is 0.316 e. The lowest BCUT2D eigenvalue weighted by Crippen LogP contribution is -1.97. The number of allylic oxidation sites excluding steroid dienone is 1. The second-order valence-electron chi connectivity index (χ2n) is 3.34. The zero-order valence-electron chi connectivity index (χ0n) is 8.01. The molecule has 0 radical (unpaired) electrons. The van der Waals surface area contributed by atoms with Gasteiger partial charge >= 0.3 is 5.95 Å². The standard InChI is InChI=1S/C8H17O2P/c1-6-10-8(9)7(2)11(3,4)5/h6H2,1-5H3/p+1/b8-7-. The van der Waals surface area contributed by atoms with E-state index >= 15 is 0 Å². The average molecular weight is 177 g/mol. The lowest BCUT2D eigenvalue weighted by molar-refractivity contribution is 0.100. The number of ether oxygens (including phenoxy) is 1. The van der Waals surface area contributed by atoms with Gasteiger partial charge in [-0.05, 0) is 6.92 Å². The highest BCUT2D eigenvalue weighted by Crippen LogP contribution is 2.55. The zero-order chi connectivity index (χ0) is 9.07. The Bertz CT molecular complexity index is 156. The van der Waals surface area contributed by atoms with E-state index in [0.29, 0.717) is 6.61 Å². The molecule has 0 fully saturated rings. The van der Waals surface area contributed by atoms with Crippen LogP contribution < -0.4 is 0 Å². The predicted molar refractivity (Wildman–Crippen MR) is 51.6 cm³/mol. The first kappa shape index (κ1) is 10.8. The van der Waals surface area contributed by atoms with Crippen LogP contribution in [0.4, 0.5) is 0 Å². The van der Waals surface area contributed by atoms with Gasteiger partial charge in [0, 0.05) is 14.2 Å². The maximum absolute atomic E-state index is 9.34. The molecule has 0 aliphatic rings. The Hall–Kier alpha value is -0.230. The molecule has 3 heteroatoms. The maximum atomic E-state index is 9.34. The van der Waals surface area contributed by atoms with Gasteiger partial charge in [-0.3, -0.25) is 0 Å². The number of hydrogen-bond donors (Lipinski definition) is 1. The first-order chi connectivity index (χ1) is 4.89. The maximum Gasteiger partial charge on any atom is 0.316 e. The summed E-state index contributed by atoms with van der Waals surface area (Å²) in [5.41, 5.74) is 0. The summed E-state index contributed by atoms with van der Waals surface area (Å²) < 4.78 is 4.99. The van der Waals surface area contributed by atoms with Crippen LogP contribution >= 0.6 is 7.26 Å². The van der Waals surface area contributed by atoms with Gasteiger partial charge in [-0.1, -0.05) is 0 Å². The van der Waals surface area contributed by atoms with Crippen molar-refractivity contribution in [2.45, 2.75) is 13.8 Å². The molecule has 0 heterocycles. The van der Waals surface area contributed by atoms with E-state index < -0.39 is 7.26 Å². The van der Waals surface area contributed by atoms with E-state index in [1.807, 2.05) is 13.8 Å². The molecule has 0 amide bonds. The SMILES string of the molecule is CCO/C(O)=C(/C)[P+](C)(C)C. The molecular weight excluding hydrogens is 159 g/mol. The first-order valence-electron chi connectivity index (χ1n) is 3.74. The minimum Gasteiger partial charge on any atom is -0.478 e. The molecular formula is C8H18O2P+. The van der Waals surface area contributed by atoms with Crippen molar-refractivity contribution >= 4 is 7.26 Å². The Labute approximate surface area is 69.6 Å². The highest BCUT2D eigenvalue weighted by Gasteiger charge is 2.25. The van der Waals surface area contributed by atoms with Crippen molar-refractivity contribution in [1.82, 2.24) is 0 Å². The van der Waals surface area contributed by atoms with Crippen LogP contribution in [-0.2, 0) is 4.74 Å². The topological polar surface area (TPSA) is 29.5 Å². The molecule has 0 aromatic heterocycles. The van der Waals surface area contributed by atoms with E-state index in [4.69, 9.17) is 4.74 Å². The van der Waals surface area contributed by atoms with Crippen molar-refractivity contribution in [1.29, 1.82) is 0 Å². The molecule has 0 aromatic carbocycles. The Kier molecular flexibility index (Phi) is 3.88. The van der Waals surface area contributed by atoms with Gasteiger partial charge in [0.2, 0.25) is 0 Å². The van der Waals surface area contributed by atoms with Crippen molar-refractivity contribution < 1.29 is 9.84 Å². The van der Waals surface area contributed by atoms with Crippen LogP contribution in [0.1, 0.15) is 13.8 Å². The summed E-state index contributed by atoms with van der Waals surface area (Å²) in [5, 5.41) is 10.3. The predicted octanol–water partition coefficient (Wildman–Crippen LogP) is 2.68. The molecule has 0 saturated carbocycles. The van der Waals surface area contributed by atoms with E-state index in [2.05, 4.69) is 20.0 Å². The van der Waals surface area contributed by atoms with Gasteiger partial charge in [0.15, 0.2) is 0 Å². The molecule has 66 valence electrons. The molecule has 0 saturated heterocycles. The number of aliphatic hydroxyl groups is 1. The van der Waals surface area contributed by atoms with Crippen molar-refractivity contribution in [2.75, 3.05) is 26.6 Å². The lowest BCUT2D eigenvalue weighted by Gasteiger charge is -2.13. The second kappa shape index (κ2) is 3.96. The molecule has 0 aromatic rings. The van der Waals surface area contributed by atoms with Crippen LogP contribution in [0.5, 0.6) is 0 Å². The fraction of sp³-hybridized carbons (Fsp3) is 0.750. The van der Waals surface area contributed by atoms with Gasteiger partial charge in [-0.25, -0.2) is 0 Å². The van der Waals surface area contributed by atoms with Gasteiger partial charge in [-0.2, -0.15) is 0 Å². The summed E-state index contributed by atoms with van der Waals surface area (Å²) in [5.74, 6) is 0.119. The van der Waals surface area contributed by atoms with E-state index in [9.17, 15) is 5.11 Å². The molecule has 0 spiro atoms. The third kappa shape index (κ3) is 3.62. The van der Waals surface area contributed by atoms with Crippen LogP contribution in [0.2, 0.25) is 0 Å². The van der Waals surface area contributed by atoms with Crippen molar-refractivity contribution in [3.05, 3.63) is 11.3 Å². The van der Waals surface area contributed by atoms with Crippen molar-refractivity contribution in [3.8, 4) is 0 Å². The van der Waals surface area contributed by atoms with E-state index in [1.165, 1.54) is 0 Å². The van der Waals surface area contributed by atoms with Crippen LogP contribution in [-0.4, -0.2) is 31.7 Å². The Morgan fingerprint density at radius 1 is 1.36 bits per heavy atom. The normalized spacial score (nSPS) is 14.3. The molecule has 0 rings (SSSR count). The van der Waals surface area contributed by atoms with Gasteiger partial charge in [-0.15, -0.1) is 0 Å². The minimum absolute atomic E-state index is 0.119. The van der Waals surface area contributed by atoms with Crippen LogP contribution in [0, 0.1) is 0 Å². The van der Waals surface area contributed by atoms with Crippen molar-refractivity contribution in [3.63, 3.8) is 0 Å².